The highest BCUT2D eigenvalue weighted by Crippen LogP contribution is 2.12. The Morgan fingerprint density at radius 2 is 1.80 bits per heavy atom. The molecule has 0 N–H and O–H groups in total. The molecule has 0 amide bonds. The van der Waals surface area contributed by atoms with Crippen LogP contribution in [0.25, 0.3) is 0 Å². The Hall–Kier alpha value is -0.670. The summed E-state index contributed by atoms with van der Waals surface area (Å²) in [7, 11) is 0. The zero-order valence-electron chi connectivity index (χ0n) is 9.21. The molecule has 0 spiro atoms. The zero-order chi connectivity index (χ0) is 11.5. The summed E-state index contributed by atoms with van der Waals surface area (Å²) in [4.78, 5) is 11.7. The van der Waals surface area contributed by atoms with E-state index in [1.165, 1.54) is 0 Å². The molecule has 0 aliphatic carbocycles. The topological polar surface area (TPSA) is 26.3 Å². The lowest BCUT2D eigenvalue weighted by Gasteiger charge is -2.18. The molecule has 0 heterocycles. The SMILES string of the molecule is CC(C)(C)OCC(=O)c1ccc(Br)cc1. The molecule has 2 nitrogen and oxygen atoms in total. The molecular formula is C12H15BrO2. The first-order chi connectivity index (χ1) is 6.88. The zero-order valence-corrected chi connectivity index (χ0v) is 10.8. The molecule has 1 rings (SSSR count). The van der Waals surface area contributed by atoms with E-state index in [9.17, 15) is 4.79 Å². The number of carbonyl (C=O) groups excluding carboxylic acids is 1. The van der Waals surface area contributed by atoms with Crippen LogP contribution in [0.5, 0.6) is 0 Å². The van der Waals surface area contributed by atoms with Crippen LogP contribution < -0.4 is 0 Å². The van der Waals surface area contributed by atoms with Gasteiger partial charge in [-0.2, -0.15) is 0 Å². The molecule has 0 unspecified atom stereocenters. The van der Waals surface area contributed by atoms with Gasteiger partial charge in [-0.15, -0.1) is 0 Å². The van der Waals surface area contributed by atoms with Crippen molar-refractivity contribution in [2.75, 3.05) is 6.61 Å². The predicted molar refractivity (Wildman–Crippen MR) is 64.2 cm³/mol. The molecule has 0 aliphatic heterocycles. The van der Waals surface area contributed by atoms with Crippen LogP contribution in [0.4, 0.5) is 0 Å². The van der Waals surface area contributed by atoms with Crippen molar-refractivity contribution in [3.05, 3.63) is 34.3 Å². The Bertz CT molecular complexity index is 336. The molecule has 0 saturated heterocycles. The van der Waals surface area contributed by atoms with E-state index >= 15 is 0 Å². The van der Waals surface area contributed by atoms with Gasteiger partial charge in [0.25, 0.3) is 0 Å². The van der Waals surface area contributed by atoms with Crippen molar-refractivity contribution in [2.45, 2.75) is 26.4 Å². The fraction of sp³-hybridized carbons (Fsp3) is 0.417. The van der Waals surface area contributed by atoms with Crippen LogP contribution in [0.15, 0.2) is 28.7 Å². The summed E-state index contributed by atoms with van der Waals surface area (Å²) in [6, 6.07) is 7.28. The summed E-state index contributed by atoms with van der Waals surface area (Å²) in [5, 5.41) is 0. The van der Waals surface area contributed by atoms with Gasteiger partial charge >= 0.3 is 0 Å². The number of Topliss-reactive ketones (excluding diaryl/α,β-unsaturated/α-hetero) is 1. The van der Waals surface area contributed by atoms with Crippen LogP contribution in [-0.2, 0) is 4.74 Å². The molecule has 0 aromatic heterocycles. The summed E-state index contributed by atoms with van der Waals surface area (Å²) in [5.41, 5.74) is 0.410. The van der Waals surface area contributed by atoms with Gasteiger partial charge in [0.05, 0.1) is 5.60 Å². The molecular weight excluding hydrogens is 256 g/mol. The summed E-state index contributed by atoms with van der Waals surface area (Å²) >= 11 is 3.32. The summed E-state index contributed by atoms with van der Waals surface area (Å²) < 4.78 is 6.38. The number of ether oxygens (including phenoxy) is 1. The summed E-state index contributed by atoms with van der Waals surface area (Å²) in [5.74, 6) is 0.0115. The Labute approximate surface area is 98.8 Å². The van der Waals surface area contributed by atoms with Gasteiger partial charge in [0.15, 0.2) is 5.78 Å². The fourth-order valence-electron chi connectivity index (χ4n) is 1.00. The number of ketones is 1. The van der Waals surface area contributed by atoms with Crippen LogP contribution in [0.1, 0.15) is 31.1 Å². The molecule has 1 aromatic carbocycles. The maximum Gasteiger partial charge on any atom is 0.188 e. The highest BCUT2D eigenvalue weighted by molar-refractivity contribution is 9.10. The standard InChI is InChI=1S/C12H15BrO2/c1-12(2,3)15-8-11(14)9-4-6-10(13)7-5-9/h4-7H,8H2,1-3H3. The second-order valence-corrected chi connectivity index (χ2v) is 5.25. The van der Waals surface area contributed by atoms with Gasteiger partial charge in [0.1, 0.15) is 6.61 Å². The van der Waals surface area contributed by atoms with E-state index in [1.807, 2.05) is 32.9 Å². The van der Waals surface area contributed by atoms with Gasteiger partial charge in [0.2, 0.25) is 0 Å². The van der Waals surface area contributed by atoms with Crippen LogP contribution in [0, 0.1) is 0 Å². The molecule has 82 valence electrons. The number of hydrogen-bond acceptors (Lipinski definition) is 2. The average molecular weight is 271 g/mol. The molecule has 3 heteroatoms. The maximum atomic E-state index is 11.7. The van der Waals surface area contributed by atoms with Crippen molar-refractivity contribution in [2.24, 2.45) is 0 Å². The molecule has 0 saturated carbocycles. The summed E-state index contributed by atoms with van der Waals surface area (Å²) in [6.45, 7) is 5.93. The number of rotatable bonds is 3. The van der Waals surface area contributed by atoms with E-state index in [0.29, 0.717) is 5.56 Å². The highest BCUT2D eigenvalue weighted by atomic mass is 79.9. The number of carbonyl (C=O) groups is 1. The number of hydrogen-bond donors (Lipinski definition) is 0. The molecule has 15 heavy (non-hydrogen) atoms. The van der Waals surface area contributed by atoms with Gasteiger partial charge < -0.3 is 4.74 Å². The van der Waals surface area contributed by atoms with E-state index in [4.69, 9.17) is 4.74 Å². The monoisotopic (exact) mass is 270 g/mol. The van der Waals surface area contributed by atoms with Gasteiger partial charge in [0, 0.05) is 10.0 Å². The highest BCUT2D eigenvalue weighted by Gasteiger charge is 2.13. The summed E-state index contributed by atoms with van der Waals surface area (Å²) in [6.07, 6.45) is 0. The van der Waals surface area contributed by atoms with E-state index in [1.54, 1.807) is 12.1 Å². The first-order valence-corrected chi connectivity index (χ1v) is 5.60. The van der Waals surface area contributed by atoms with Crippen molar-refractivity contribution < 1.29 is 9.53 Å². The smallest absolute Gasteiger partial charge is 0.188 e. The largest absolute Gasteiger partial charge is 0.368 e. The fourth-order valence-corrected chi connectivity index (χ4v) is 1.27. The molecule has 1 aromatic rings. The van der Waals surface area contributed by atoms with E-state index < -0.39 is 0 Å². The minimum Gasteiger partial charge on any atom is -0.368 e. The molecule has 0 bridgehead atoms. The van der Waals surface area contributed by atoms with Gasteiger partial charge in [-0.3, -0.25) is 4.79 Å². The van der Waals surface area contributed by atoms with Crippen molar-refractivity contribution in [3.8, 4) is 0 Å². The Kier molecular flexibility index (Phi) is 4.05. The van der Waals surface area contributed by atoms with Crippen LogP contribution in [0.2, 0.25) is 0 Å². The van der Waals surface area contributed by atoms with Crippen molar-refractivity contribution in [3.63, 3.8) is 0 Å². The number of halogens is 1. The first-order valence-electron chi connectivity index (χ1n) is 4.81. The van der Waals surface area contributed by atoms with Crippen molar-refractivity contribution in [1.29, 1.82) is 0 Å². The quantitative estimate of drug-likeness (QED) is 0.787. The first kappa shape index (κ1) is 12.4. The normalized spacial score (nSPS) is 11.5. The molecule has 0 fully saturated rings. The lowest BCUT2D eigenvalue weighted by molar-refractivity contribution is 0.00306. The average Bonchev–Trinajstić information content (AvgIpc) is 2.14. The Morgan fingerprint density at radius 1 is 1.27 bits per heavy atom. The molecule has 0 atom stereocenters. The minimum atomic E-state index is -0.273. The third-order valence-electron chi connectivity index (χ3n) is 1.80. The Morgan fingerprint density at radius 3 is 2.27 bits per heavy atom. The van der Waals surface area contributed by atoms with Crippen LogP contribution >= 0.6 is 15.9 Å². The van der Waals surface area contributed by atoms with E-state index in [-0.39, 0.29) is 18.0 Å². The van der Waals surface area contributed by atoms with E-state index in [0.717, 1.165) is 4.47 Å². The van der Waals surface area contributed by atoms with Crippen molar-refractivity contribution >= 4 is 21.7 Å². The number of benzene rings is 1. The molecule has 0 radical (unpaired) electrons. The van der Waals surface area contributed by atoms with Crippen LogP contribution in [0.3, 0.4) is 0 Å². The van der Waals surface area contributed by atoms with E-state index in [2.05, 4.69) is 15.9 Å². The van der Waals surface area contributed by atoms with Gasteiger partial charge in [-0.25, -0.2) is 0 Å². The molecule has 0 aliphatic rings. The predicted octanol–water partition coefficient (Wildman–Crippen LogP) is 3.45. The lowest BCUT2D eigenvalue weighted by Crippen LogP contribution is -2.23. The maximum absolute atomic E-state index is 11.7. The van der Waals surface area contributed by atoms with Gasteiger partial charge in [-0.05, 0) is 32.9 Å². The third-order valence-corrected chi connectivity index (χ3v) is 2.33. The Balaban J connectivity index is 2.58. The van der Waals surface area contributed by atoms with Crippen molar-refractivity contribution in [1.82, 2.24) is 0 Å². The minimum absolute atomic E-state index is 0.0115. The third kappa shape index (κ3) is 4.58. The van der Waals surface area contributed by atoms with Gasteiger partial charge in [-0.1, -0.05) is 28.1 Å². The lowest BCUT2D eigenvalue weighted by atomic mass is 10.1. The second-order valence-electron chi connectivity index (χ2n) is 4.33. The van der Waals surface area contributed by atoms with Crippen LogP contribution in [-0.4, -0.2) is 18.0 Å². The second kappa shape index (κ2) is 4.90.